The van der Waals surface area contributed by atoms with Gasteiger partial charge < -0.3 is 8.98 Å². The highest BCUT2D eigenvalue weighted by molar-refractivity contribution is 6.11. The number of benzene rings is 6. The summed E-state index contributed by atoms with van der Waals surface area (Å²) in [4.78, 5) is 9.76. The van der Waals surface area contributed by atoms with Crippen LogP contribution in [0.5, 0.6) is 0 Å². The summed E-state index contributed by atoms with van der Waals surface area (Å²) in [6, 6.07) is 56.5. The van der Waals surface area contributed by atoms with Gasteiger partial charge in [-0.1, -0.05) is 109 Å². The summed E-state index contributed by atoms with van der Waals surface area (Å²) in [6.45, 7) is 0. The third-order valence-electron chi connectivity index (χ3n) is 10.6. The minimum atomic E-state index is 0.228. The van der Waals surface area contributed by atoms with Crippen LogP contribution in [0.15, 0.2) is 175 Å². The van der Waals surface area contributed by atoms with Crippen molar-refractivity contribution < 1.29 is 4.42 Å². The number of fused-ring (bicyclic) bond motifs is 9. The van der Waals surface area contributed by atoms with Gasteiger partial charge in [0, 0.05) is 45.9 Å². The number of hydrogen-bond acceptors (Lipinski definition) is 3. The fourth-order valence-corrected chi connectivity index (χ4v) is 8.24. The molecule has 0 bridgehead atoms. The van der Waals surface area contributed by atoms with Crippen molar-refractivity contribution >= 4 is 44.0 Å². The topological polar surface area (TPSA) is 43.9 Å². The summed E-state index contributed by atoms with van der Waals surface area (Å²) in [5, 5.41) is 3.34. The molecule has 0 saturated heterocycles. The molecule has 4 nitrogen and oxygen atoms in total. The Hall–Kier alpha value is -6.78. The molecule has 0 saturated carbocycles. The highest BCUT2D eigenvalue weighted by atomic mass is 16.3. The van der Waals surface area contributed by atoms with Crippen LogP contribution in [0.1, 0.15) is 22.6 Å². The first kappa shape index (κ1) is 28.1. The van der Waals surface area contributed by atoms with Gasteiger partial charge in [0.2, 0.25) is 5.71 Å². The number of pyridine rings is 2. The fourth-order valence-electron chi connectivity index (χ4n) is 8.24. The van der Waals surface area contributed by atoms with Crippen LogP contribution in [0.3, 0.4) is 0 Å². The Balaban J connectivity index is 0.990. The molecule has 1 aliphatic carbocycles. The number of aromatic nitrogens is 3. The van der Waals surface area contributed by atoms with Crippen molar-refractivity contribution in [2.24, 2.45) is 0 Å². The molecule has 10 aromatic rings. The second kappa shape index (κ2) is 10.9. The van der Waals surface area contributed by atoms with Crippen LogP contribution in [-0.2, 0) is 0 Å². The normalized spacial score (nSPS) is 13.7. The lowest BCUT2D eigenvalue weighted by Gasteiger charge is -2.14. The average Bonchev–Trinajstić information content (AvgIpc) is 3.85. The summed E-state index contributed by atoms with van der Waals surface area (Å²) in [5.74, 6) is 0.228. The number of para-hydroxylation sites is 2. The lowest BCUT2D eigenvalue weighted by Crippen LogP contribution is -1.98. The van der Waals surface area contributed by atoms with Crippen LogP contribution in [0, 0.1) is 0 Å². The van der Waals surface area contributed by atoms with Gasteiger partial charge in [-0.05, 0) is 87.5 Å². The summed E-state index contributed by atoms with van der Waals surface area (Å²) in [5.41, 5.74) is 16.5. The van der Waals surface area contributed by atoms with Gasteiger partial charge in [0.05, 0.1) is 16.4 Å². The molecule has 1 aliphatic rings. The molecule has 4 aromatic heterocycles. The van der Waals surface area contributed by atoms with Gasteiger partial charge in [-0.3, -0.25) is 4.98 Å². The van der Waals surface area contributed by atoms with Crippen molar-refractivity contribution in [3.05, 3.63) is 187 Å². The standard InChI is InChI=1S/C47H29N3O/c1-3-11-29(12-4-1)45-37-17-8-7-15-35(37)39-23-30(19-21-38(39)45)32-25-41-46-44(51-47(41)49-28-32)26-33(27-48-46)31-20-22-43-40(24-31)36-16-9-10-18-42(36)50(43)34-13-5-2-6-14-34/h1-28,45H. The molecule has 0 fully saturated rings. The van der Waals surface area contributed by atoms with Gasteiger partial charge in [0.15, 0.2) is 5.58 Å². The second-order valence-electron chi connectivity index (χ2n) is 13.4. The van der Waals surface area contributed by atoms with Crippen molar-refractivity contribution in [3.8, 4) is 39.1 Å². The zero-order valence-corrected chi connectivity index (χ0v) is 27.5. The summed E-state index contributed by atoms with van der Waals surface area (Å²) in [7, 11) is 0. The van der Waals surface area contributed by atoms with Crippen LogP contribution in [-0.4, -0.2) is 14.5 Å². The van der Waals surface area contributed by atoms with Crippen molar-refractivity contribution in [1.82, 2.24) is 14.5 Å². The Morgan fingerprint density at radius 3 is 2.04 bits per heavy atom. The molecule has 11 rings (SSSR count). The molecular weight excluding hydrogens is 623 g/mol. The lowest BCUT2D eigenvalue weighted by atomic mass is 9.89. The summed E-state index contributed by atoms with van der Waals surface area (Å²) < 4.78 is 8.66. The molecule has 0 N–H and O–H groups in total. The first-order valence-corrected chi connectivity index (χ1v) is 17.3. The van der Waals surface area contributed by atoms with Gasteiger partial charge in [-0.2, -0.15) is 0 Å². The van der Waals surface area contributed by atoms with E-state index < -0.39 is 0 Å². The lowest BCUT2D eigenvalue weighted by molar-refractivity contribution is 0.653. The highest BCUT2D eigenvalue weighted by Gasteiger charge is 2.30. The fraction of sp³-hybridized carbons (Fsp3) is 0.0213. The minimum Gasteiger partial charge on any atom is -0.436 e. The van der Waals surface area contributed by atoms with Crippen molar-refractivity contribution in [2.75, 3.05) is 0 Å². The zero-order chi connectivity index (χ0) is 33.5. The average molecular weight is 652 g/mol. The van der Waals surface area contributed by atoms with Gasteiger partial charge in [0.25, 0.3) is 0 Å². The van der Waals surface area contributed by atoms with E-state index in [2.05, 4.69) is 162 Å². The van der Waals surface area contributed by atoms with E-state index in [1.54, 1.807) is 0 Å². The molecule has 1 unspecified atom stereocenters. The van der Waals surface area contributed by atoms with E-state index in [9.17, 15) is 0 Å². The van der Waals surface area contributed by atoms with Crippen molar-refractivity contribution in [3.63, 3.8) is 0 Å². The van der Waals surface area contributed by atoms with E-state index in [1.807, 2.05) is 12.4 Å². The summed E-state index contributed by atoms with van der Waals surface area (Å²) >= 11 is 0. The van der Waals surface area contributed by atoms with E-state index in [-0.39, 0.29) is 5.92 Å². The number of furan rings is 1. The molecule has 0 spiro atoms. The first-order chi connectivity index (χ1) is 25.3. The zero-order valence-electron chi connectivity index (χ0n) is 27.5. The van der Waals surface area contributed by atoms with Crippen LogP contribution < -0.4 is 0 Å². The Morgan fingerprint density at radius 1 is 0.471 bits per heavy atom. The Kier molecular flexibility index (Phi) is 5.98. The molecule has 4 heterocycles. The Bertz CT molecular complexity index is 2970. The second-order valence-corrected chi connectivity index (χ2v) is 13.4. The molecule has 0 amide bonds. The quantitative estimate of drug-likeness (QED) is 0.190. The van der Waals surface area contributed by atoms with Gasteiger partial charge >= 0.3 is 0 Å². The predicted octanol–water partition coefficient (Wildman–Crippen LogP) is 12.0. The molecule has 0 radical (unpaired) electrons. The van der Waals surface area contributed by atoms with Crippen LogP contribution >= 0.6 is 0 Å². The summed E-state index contributed by atoms with van der Waals surface area (Å²) in [6.07, 6.45) is 3.87. The largest absolute Gasteiger partial charge is 0.436 e. The molecule has 1 atom stereocenters. The number of rotatable bonds is 4. The van der Waals surface area contributed by atoms with Crippen LogP contribution in [0.4, 0.5) is 0 Å². The van der Waals surface area contributed by atoms with Gasteiger partial charge in [0.1, 0.15) is 5.52 Å². The van der Waals surface area contributed by atoms with E-state index >= 15 is 0 Å². The maximum atomic E-state index is 6.33. The van der Waals surface area contributed by atoms with Crippen LogP contribution in [0.2, 0.25) is 0 Å². The Morgan fingerprint density at radius 2 is 1.14 bits per heavy atom. The van der Waals surface area contributed by atoms with Crippen LogP contribution in [0.25, 0.3) is 83.1 Å². The maximum absolute atomic E-state index is 6.33. The molecule has 0 aliphatic heterocycles. The number of nitrogens with zero attached hydrogens (tertiary/aromatic N) is 3. The monoisotopic (exact) mass is 651 g/mol. The molecule has 4 heteroatoms. The SMILES string of the molecule is c1ccc(C2c3ccccc3-c3cc(-c4cnc5oc6cc(-c7ccc8c(c7)c7ccccc7n8-c7ccccc7)cnc6c5c4)ccc32)cc1. The van der Waals surface area contributed by atoms with Crippen molar-refractivity contribution in [2.45, 2.75) is 5.92 Å². The van der Waals surface area contributed by atoms with Gasteiger partial charge in [-0.15, -0.1) is 0 Å². The van der Waals surface area contributed by atoms with Gasteiger partial charge in [-0.25, -0.2) is 4.98 Å². The Labute approximate surface area is 293 Å². The smallest absolute Gasteiger partial charge is 0.228 e. The molecule has 51 heavy (non-hydrogen) atoms. The first-order valence-electron chi connectivity index (χ1n) is 17.3. The minimum absolute atomic E-state index is 0.228. The third-order valence-corrected chi connectivity index (χ3v) is 10.6. The molecule has 6 aromatic carbocycles. The number of hydrogen-bond donors (Lipinski definition) is 0. The highest BCUT2D eigenvalue weighted by Crippen LogP contribution is 2.49. The van der Waals surface area contributed by atoms with E-state index in [4.69, 9.17) is 14.4 Å². The molecular formula is C47H29N3O. The predicted molar refractivity (Wildman–Crippen MR) is 207 cm³/mol. The molecule has 238 valence electrons. The van der Waals surface area contributed by atoms with E-state index in [0.717, 1.165) is 44.4 Å². The van der Waals surface area contributed by atoms with E-state index in [1.165, 1.54) is 49.6 Å². The third kappa shape index (κ3) is 4.26. The van der Waals surface area contributed by atoms with E-state index in [0.29, 0.717) is 5.71 Å². The maximum Gasteiger partial charge on any atom is 0.228 e. The van der Waals surface area contributed by atoms with Crippen molar-refractivity contribution in [1.29, 1.82) is 0 Å².